The molecule has 2 atom stereocenters. The summed E-state index contributed by atoms with van der Waals surface area (Å²) in [5, 5.41) is 3.69. The summed E-state index contributed by atoms with van der Waals surface area (Å²) in [5.74, 6) is 0.996. The third-order valence-corrected chi connectivity index (χ3v) is 2.88. The Morgan fingerprint density at radius 3 is 2.27 bits per heavy atom. The first-order chi connectivity index (χ1) is 5.31. The molecule has 0 bridgehead atoms. The highest BCUT2D eigenvalue weighted by atomic mass is 15.0. The van der Waals surface area contributed by atoms with Gasteiger partial charge >= 0.3 is 0 Å². The number of nitrogens with one attached hydrogen (secondary N) is 1. The van der Waals surface area contributed by atoms with Crippen LogP contribution in [0, 0.1) is 5.92 Å². The molecule has 2 unspecified atom stereocenters. The molecule has 0 aromatic heterocycles. The van der Waals surface area contributed by atoms with Crippen LogP contribution in [0.5, 0.6) is 0 Å². The highest BCUT2D eigenvalue weighted by Crippen LogP contribution is 2.33. The van der Waals surface area contributed by atoms with E-state index in [1.807, 2.05) is 0 Å². The Kier molecular flexibility index (Phi) is 3.38. The monoisotopic (exact) mass is 155 g/mol. The van der Waals surface area contributed by atoms with E-state index in [1.54, 1.807) is 0 Å². The summed E-state index contributed by atoms with van der Waals surface area (Å²) in [6, 6.07) is 1.64. The van der Waals surface area contributed by atoms with Crippen molar-refractivity contribution in [2.75, 3.05) is 0 Å². The zero-order valence-corrected chi connectivity index (χ0v) is 8.06. The molecule has 66 valence electrons. The molecule has 0 saturated heterocycles. The molecule has 1 N–H and O–H groups in total. The first-order valence-electron chi connectivity index (χ1n) is 5.07. The first-order valence-corrected chi connectivity index (χ1v) is 5.07. The maximum atomic E-state index is 3.69. The standard InChI is InChI=1S/C10H21N/c1-4-8-7-10(8)11-9(5-2)6-3/h8-11H,4-7H2,1-3H3. The minimum atomic E-state index is 0.775. The van der Waals surface area contributed by atoms with Gasteiger partial charge < -0.3 is 5.32 Å². The van der Waals surface area contributed by atoms with Gasteiger partial charge in [-0.15, -0.1) is 0 Å². The number of hydrogen-bond donors (Lipinski definition) is 1. The molecule has 11 heavy (non-hydrogen) atoms. The van der Waals surface area contributed by atoms with Gasteiger partial charge in [-0.1, -0.05) is 27.2 Å². The lowest BCUT2D eigenvalue weighted by molar-refractivity contribution is 0.465. The van der Waals surface area contributed by atoms with Gasteiger partial charge in [0.15, 0.2) is 0 Å². The molecule has 1 rings (SSSR count). The molecule has 1 aliphatic carbocycles. The third-order valence-electron chi connectivity index (χ3n) is 2.88. The zero-order valence-electron chi connectivity index (χ0n) is 8.06. The highest BCUT2D eigenvalue weighted by Gasteiger charge is 2.35. The summed E-state index contributed by atoms with van der Waals surface area (Å²) in [5.41, 5.74) is 0. The fourth-order valence-corrected chi connectivity index (χ4v) is 1.73. The first kappa shape index (κ1) is 9.05. The Balaban J connectivity index is 2.11. The summed E-state index contributed by atoms with van der Waals surface area (Å²) in [6.45, 7) is 6.83. The normalized spacial score (nSPS) is 29.5. The summed E-state index contributed by atoms with van der Waals surface area (Å²) in [6.07, 6.45) is 5.34. The van der Waals surface area contributed by atoms with Gasteiger partial charge in [-0.05, 0) is 25.2 Å². The second-order valence-corrected chi connectivity index (χ2v) is 3.69. The van der Waals surface area contributed by atoms with E-state index >= 15 is 0 Å². The van der Waals surface area contributed by atoms with Crippen LogP contribution in [0.3, 0.4) is 0 Å². The van der Waals surface area contributed by atoms with E-state index in [4.69, 9.17) is 0 Å². The van der Waals surface area contributed by atoms with Crippen molar-refractivity contribution in [1.29, 1.82) is 0 Å². The molecule has 0 aromatic rings. The molecule has 1 saturated carbocycles. The van der Waals surface area contributed by atoms with Crippen molar-refractivity contribution in [3.8, 4) is 0 Å². The smallest absolute Gasteiger partial charge is 0.0102 e. The van der Waals surface area contributed by atoms with Crippen LogP contribution >= 0.6 is 0 Å². The second kappa shape index (κ2) is 4.10. The van der Waals surface area contributed by atoms with Crippen molar-refractivity contribution < 1.29 is 0 Å². The van der Waals surface area contributed by atoms with E-state index in [9.17, 15) is 0 Å². The number of rotatable bonds is 5. The van der Waals surface area contributed by atoms with Crippen molar-refractivity contribution >= 4 is 0 Å². The van der Waals surface area contributed by atoms with Crippen LogP contribution < -0.4 is 5.32 Å². The largest absolute Gasteiger partial charge is 0.311 e. The fourth-order valence-electron chi connectivity index (χ4n) is 1.73. The highest BCUT2D eigenvalue weighted by molar-refractivity contribution is 4.93. The maximum absolute atomic E-state index is 3.69. The van der Waals surface area contributed by atoms with Crippen molar-refractivity contribution in [3.05, 3.63) is 0 Å². The van der Waals surface area contributed by atoms with Crippen molar-refractivity contribution in [2.45, 2.75) is 58.5 Å². The predicted molar refractivity (Wildman–Crippen MR) is 49.7 cm³/mol. The van der Waals surface area contributed by atoms with E-state index in [0.717, 1.165) is 18.0 Å². The summed E-state index contributed by atoms with van der Waals surface area (Å²) in [4.78, 5) is 0. The SMILES string of the molecule is CCC(CC)NC1CC1CC. The van der Waals surface area contributed by atoms with Crippen molar-refractivity contribution in [3.63, 3.8) is 0 Å². The quantitative estimate of drug-likeness (QED) is 0.643. The van der Waals surface area contributed by atoms with Crippen LogP contribution in [0.4, 0.5) is 0 Å². The van der Waals surface area contributed by atoms with E-state index in [2.05, 4.69) is 26.1 Å². The van der Waals surface area contributed by atoms with Gasteiger partial charge in [0.25, 0.3) is 0 Å². The molecule has 1 aliphatic rings. The molecule has 1 nitrogen and oxygen atoms in total. The predicted octanol–water partition coefficient (Wildman–Crippen LogP) is 2.56. The van der Waals surface area contributed by atoms with Crippen LogP contribution in [-0.2, 0) is 0 Å². The van der Waals surface area contributed by atoms with Crippen LogP contribution in [0.25, 0.3) is 0 Å². The minimum Gasteiger partial charge on any atom is -0.311 e. The van der Waals surface area contributed by atoms with Crippen LogP contribution in [0.2, 0.25) is 0 Å². The van der Waals surface area contributed by atoms with Crippen molar-refractivity contribution in [2.24, 2.45) is 5.92 Å². The molecular formula is C10H21N. The van der Waals surface area contributed by atoms with Gasteiger partial charge in [-0.25, -0.2) is 0 Å². The lowest BCUT2D eigenvalue weighted by atomic mass is 10.1. The Morgan fingerprint density at radius 2 is 1.91 bits per heavy atom. The van der Waals surface area contributed by atoms with E-state index in [0.29, 0.717) is 0 Å². The van der Waals surface area contributed by atoms with E-state index in [-0.39, 0.29) is 0 Å². The average Bonchev–Trinajstić information content (AvgIpc) is 2.78. The molecule has 1 heteroatoms. The summed E-state index contributed by atoms with van der Waals surface area (Å²) >= 11 is 0. The molecule has 0 radical (unpaired) electrons. The molecule has 0 amide bonds. The van der Waals surface area contributed by atoms with Crippen LogP contribution in [0.1, 0.15) is 46.5 Å². The lowest BCUT2D eigenvalue weighted by Crippen LogP contribution is -2.30. The van der Waals surface area contributed by atoms with Crippen molar-refractivity contribution in [1.82, 2.24) is 5.32 Å². The van der Waals surface area contributed by atoms with Crippen LogP contribution in [-0.4, -0.2) is 12.1 Å². The Hall–Kier alpha value is -0.0400. The average molecular weight is 155 g/mol. The molecule has 0 aliphatic heterocycles. The molecule has 0 spiro atoms. The minimum absolute atomic E-state index is 0.775. The molecule has 1 fully saturated rings. The van der Waals surface area contributed by atoms with Crippen LogP contribution in [0.15, 0.2) is 0 Å². The maximum Gasteiger partial charge on any atom is 0.0102 e. The van der Waals surface area contributed by atoms with Gasteiger partial charge in [0.05, 0.1) is 0 Å². The van der Waals surface area contributed by atoms with E-state index in [1.165, 1.54) is 25.7 Å². The molecule has 0 aromatic carbocycles. The fraction of sp³-hybridized carbons (Fsp3) is 1.00. The molecular weight excluding hydrogens is 134 g/mol. The van der Waals surface area contributed by atoms with Gasteiger partial charge in [-0.3, -0.25) is 0 Å². The second-order valence-electron chi connectivity index (χ2n) is 3.69. The van der Waals surface area contributed by atoms with Gasteiger partial charge in [0.2, 0.25) is 0 Å². The Morgan fingerprint density at radius 1 is 1.27 bits per heavy atom. The number of hydrogen-bond acceptors (Lipinski definition) is 1. The third kappa shape index (κ3) is 2.48. The van der Waals surface area contributed by atoms with Gasteiger partial charge in [-0.2, -0.15) is 0 Å². The lowest BCUT2D eigenvalue weighted by Gasteiger charge is -2.13. The molecule has 0 heterocycles. The Labute approximate surface area is 70.6 Å². The topological polar surface area (TPSA) is 12.0 Å². The summed E-state index contributed by atoms with van der Waals surface area (Å²) in [7, 11) is 0. The van der Waals surface area contributed by atoms with E-state index < -0.39 is 0 Å². The Bertz CT molecular complexity index is 107. The van der Waals surface area contributed by atoms with Gasteiger partial charge in [0.1, 0.15) is 0 Å². The summed E-state index contributed by atoms with van der Waals surface area (Å²) < 4.78 is 0. The van der Waals surface area contributed by atoms with Gasteiger partial charge in [0, 0.05) is 12.1 Å². The zero-order chi connectivity index (χ0) is 8.27.